The van der Waals surface area contributed by atoms with Crippen LogP contribution in [0, 0.1) is 10.1 Å². The fourth-order valence-corrected chi connectivity index (χ4v) is 4.91. The molecule has 0 spiro atoms. The number of nitro groups is 1. The maximum absolute atomic E-state index is 13.2. The first-order chi connectivity index (χ1) is 15.0. The van der Waals surface area contributed by atoms with E-state index in [2.05, 4.69) is 0 Å². The lowest BCUT2D eigenvalue weighted by molar-refractivity contribution is -0.384. The minimum absolute atomic E-state index is 0.00792. The largest absolute Gasteiger partial charge is 0.489 e. The van der Waals surface area contributed by atoms with Crippen molar-refractivity contribution in [3.8, 4) is 5.75 Å². The summed E-state index contributed by atoms with van der Waals surface area (Å²) in [5.74, 6) is 1.21. The van der Waals surface area contributed by atoms with Gasteiger partial charge in [0.25, 0.3) is 11.6 Å². The Morgan fingerprint density at radius 3 is 2.65 bits per heavy atom. The van der Waals surface area contributed by atoms with E-state index in [-0.39, 0.29) is 27.6 Å². The van der Waals surface area contributed by atoms with Crippen molar-refractivity contribution < 1.29 is 14.5 Å². The maximum Gasteiger partial charge on any atom is 0.288 e. The lowest BCUT2D eigenvalue weighted by Crippen LogP contribution is -2.30. The number of thioether (sulfide) groups is 1. The molecular formula is C23H19ClN2O4S. The summed E-state index contributed by atoms with van der Waals surface area (Å²) < 4.78 is 6.08. The molecule has 4 rings (SSSR count). The van der Waals surface area contributed by atoms with Gasteiger partial charge in [0.2, 0.25) is 0 Å². The molecule has 1 atom stereocenters. The predicted molar refractivity (Wildman–Crippen MR) is 122 cm³/mol. The van der Waals surface area contributed by atoms with E-state index in [1.807, 2.05) is 54.6 Å². The van der Waals surface area contributed by atoms with Gasteiger partial charge in [0.05, 0.1) is 4.92 Å². The topological polar surface area (TPSA) is 72.7 Å². The molecule has 1 unspecified atom stereocenters. The highest BCUT2D eigenvalue weighted by molar-refractivity contribution is 7.99. The van der Waals surface area contributed by atoms with Crippen LogP contribution in [0.2, 0.25) is 5.02 Å². The SMILES string of the molecule is O=C(c1ccc(Cl)c([N+](=O)[O-])c1)N1CCSC1c1ccccc1OCc1ccccc1. The zero-order chi connectivity index (χ0) is 21.8. The van der Waals surface area contributed by atoms with Gasteiger partial charge in [-0.25, -0.2) is 0 Å². The molecule has 0 bridgehead atoms. The van der Waals surface area contributed by atoms with Gasteiger partial charge in [-0.3, -0.25) is 14.9 Å². The molecule has 31 heavy (non-hydrogen) atoms. The number of carbonyl (C=O) groups is 1. The number of nitro benzene ring substituents is 1. The Kier molecular flexibility index (Phi) is 6.44. The van der Waals surface area contributed by atoms with Gasteiger partial charge in [0.15, 0.2) is 0 Å². The van der Waals surface area contributed by atoms with Crippen molar-refractivity contribution in [1.82, 2.24) is 4.90 Å². The van der Waals surface area contributed by atoms with Crippen LogP contribution < -0.4 is 4.74 Å². The molecule has 0 radical (unpaired) electrons. The molecule has 3 aromatic rings. The number of hydrogen-bond acceptors (Lipinski definition) is 5. The number of para-hydroxylation sites is 1. The number of ether oxygens (including phenoxy) is 1. The van der Waals surface area contributed by atoms with Crippen molar-refractivity contribution in [2.45, 2.75) is 12.0 Å². The van der Waals surface area contributed by atoms with E-state index in [0.29, 0.717) is 18.9 Å². The molecule has 1 fully saturated rings. The predicted octanol–water partition coefficient (Wildman–Crippen LogP) is 5.72. The van der Waals surface area contributed by atoms with Crippen LogP contribution in [0.4, 0.5) is 5.69 Å². The molecule has 6 nitrogen and oxygen atoms in total. The summed E-state index contributed by atoms with van der Waals surface area (Å²) in [4.78, 5) is 25.6. The lowest BCUT2D eigenvalue weighted by atomic mass is 10.1. The standard InChI is InChI=1S/C23H19ClN2O4S/c24-19-11-10-17(14-20(19)26(28)29)22(27)25-12-13-31-23(25)18-8-4-5-9-21(18)30-15-16-6-2-1-3-7-16/h1-11,14,23H,12-13,15H2. The maximum atomic E-state index is 13.2. The quantitative estimate of drug-likeness (QED) is 0.352. The van der Waals surface area contributed by atoms with Gasteiger partial charge in [-0.1, -0.05) is 60.1 Å². The summed E-state index contributed by atoms with van der Waals surface area (Å²) in [5.41, 5.74) is 1.92. The highest BCUT2D eigenvalue weighted by atomic mass is 35.5. The second kappa shape index (κ2) is 9.41. The summed E-state index contributed by atoms with van der Waals surface area (Å²) in [6, 6.07) is 21.7. The minimum atomic E-state index is -0.581. The molecule has 0 N–H and O–H groups in total. The molecule has 1 aliphatic rings. The Hall–Kier alpha value is -3.03. The summed E-state index contributed by atoms with van der Waals surface area (Å²) in [6.45, 7) is 0.962. The Morgan fingerprint density at radius 1 is 1.13 bits per heavy atom. The van der Waals surface area contributed by atoms with Gasteiger partial charge >= 0.3 is 0 Å². The Labute approximate surface area is 188 Å². The van der Waals surface area contributed by atoms with Crippen LogP contribution in [0.25, 0.3) is 0 Å². The molecule has 8 heteroatoms. The third kappa shape index (κ3) is 4.68. The number of rotatable bonds is 6. The fraction of sp³-hybridized carbons (Fsp3) is 0.174. The molecule has 1 amide bonds. The van der Waals surface area contributed by atoms with Gasteiger partial charge in [-0.15, -0.1) is 11.8 Å². The molecule has 1 heterocycles. The average Bonchev–Trinajstić information content (AvgIpc) is 3.28. The molecular weight excluding hydrogens is 436 g/mol. The first kappa shape index (κ1) is 21.2. The van der Waals surface area contributed by atoms with E-state index in [1.54, 1.807) is 16.7 Å². The van der Waals surface area contributed by atoms with Crippen molar-refractivity contribution in [3.63, 3.8) is 0 Å². The summed E-state index contributed by atoms with van der Waals surface area (Å²) >= 11 is 7.54. The number of amides is 1. The van der Waals surface area contributed by atoms with E-state index in [0.717, 1.165) is 16.9 Å². The van der Waals surface area contributed by atoms with Crippen LogP contribution in [0.1, 0.15) is 26.9 Å². The van der Waals surface area contributed by atoms with Crippen LogP contribution in [0.5, 0.6) is 5.75 Å². The Balaban J connectivity index is 1.58. The van der Waals surface area contributed by atoms with Gasteiger partial charge < -0.3 is 9.64 Å². The molecule has 3 aromatic carbocycles. The lowest BCUT2D eigenvalue weighted by Gasteiger charge is -2.26. The number of benzene rings is 3. The zero-order valence-electron chi connectivity index (χ0n) is 16.4. The summed E-state index contributed by atoms with van der Waals surface area (Å²) in [5, 5.41) is 11.0. The first-order valence-corrected chi connectivity index (χ1v) is 11.1. The second-order valence-corrected chi connectivity index (χ2v) is 8.55. The van der Waals surface area contributed by atoms with Crippen LogP contribution in [0.3, 0.4) is 0 Å². The van der Waals surface area contributed by atoms with E-state index in [4.69, 9.17) is 16.3 Å². The summed E-state index contributed by atoms with van der Waals surface area (Å²) in [7, 11) is 0. The van der Waals surface area contributed by atoms with E-state index in [9.17, 15) is 14.9 Å². The van der Waals surface area contributed by atoms with Crippen LogP contribution in [-0.4, -0.2) is 28.0 Å². The third-order valence-corrected chi connectivity index (χ3v) is 6.53. The normalized spacial score (nSPS) is 15.6. The van der Waals surface area contributed by atoms with E-state index >= 15 is 0 Å². The van der Waals surface area contributed by atoms with Gasteiger partial charge in [0.1, 0.15) is 22.8 Å². The summed E-state index contributed by atoms with van der Waals surface area (Å²) in [6.07, 6.45) is 0. The van der Waals surface area contributed by atoms with Crippen molar-refractivity contribution in [3.05, 3.63) is 105 Å². The Morgan fingerprint density at radius 2 is 1.87 bits per heavy atom. The van der Waals surface area contributed by atoms with Gasteiger partial charge in [0, 0.05) is 29.5 Å². The molecule has 1 saturated heterocycles. The number of carbonyl (C=O) groups excluding carboxylic acids is 1. The Bertz CT molecular complexity index is 1110. The van der Waals surface area contributed by atoms with Crippen LogP contribution >= 0.6 is 23.4 Å². The van der Waals surface area contributed by atoms with Gasteiger partial charge in [-0.2, -0.15) is 0 Å². The number of halogens is 1. The molecule has 1 aliphatic heterocycles. The molecule has 0 aromatic heterocycles. The smallest absolute Gasteiger partial charge is 0.288 e. The highest BCUT2D eigenvalue weighted by Crippen LogP contribution is 2.43. The van der Waals surface area contributed by atoms with Gasteiger partial charge in [-0.05, 0) is 23.8 Å². The van der Waals surface area contributed by atoms with Crippen molar-refractivity contribution in [2.75, 3.05) is 12.3 Å². The first-order valence-electron chi connectivity index (χ1n) is 9.67. The monoisotopic (exact) mass is 454 g/mol. The zero-order valence-corrected chi connectivity index (χ0v) is 18.0. The number of hydrogen-bond donors (Lipinski definition) is 0. The molecule has 0 saturated carbocycles. The second-order valence-electron chi connectivity index (χ2n) is 6.96. The van der Waals surface area contributed by atoms with Crippen molar-refractivity contribution >= 4 is 35.0 Å². The third-order valence-electron chi connectivity index (χ3n) is 4.96. The van der Waals surface area contributed by atoms with E-state index < -0.39 is 4.92 Å². The van der Waals surface area contributed by atoms with Crippen molar-refractivity contribution in [1.29, 1.82) is 0 Å². The van der Waals surface area contributed by atoms with Crippen molar-refractivity contribution in [2.24, 2.45) is 0 Å². The van der Waals surface area contributed by atoms with E-state index in [1.165, 1.54) is 18.2 Å². The fourth-order valence-electron chi connectivity index (χ4n) is 3.44. The highest BCUT2D eigenvalue weighted by Gasteiger charge is 2.33. The molecule has 0 aliphatic carbocycles. The van der Waals surface area contributed by atoms with Crippen LogP contribution in [-0.2, 0) is 6.61 Å². The minimum Gasteiger partial charge on any atom is -0.489 e. The molecule has 158 valence electrons. The van der Waals surface area contributed by atoms with Crippen LogP contribution in [0.15, 0.2) is 72.8 Å². The number of nitrogens with zero attached hydrogens (tertiary/aromatic N) is 2. The average molecular weight is 455 g/mol.